The fraction of sp³-hybridized carbons (Fsp3) is 0.146. The zero-order valence-corrected chi connectivity index (χ0v) is 30.5. The molecule has 0 aliphatic carbocycles. The van der Waals surface area contributed by atoms with Crippen LogP contribution in [0.25, 0.3) is 22.5 Å². The molecule has 10 heteroatoms. The third kappa shape index (κ3) is 6.72. The number of thiazole rings is 1. The number of methoxy groups -OCH3 is 2. The van der Waals surface area contributed by atoms with E-state index in [1.165, 1.54) is 11.3 Å². The number of nitrogens with zero attached hydrogens (tertiary/aromatic N) is 2. The fourth-order valence-electron chi connectivity index (χ4n) is 6.23. The van der Waals surface area contributed by atoms with Crippen LogP contribution in [0.5, 0.6) is 17.2 Å². The number of hydrogen-bond acceptors (Lipinski definition) is 8. The summed E-state index contributed by atoms with van der Waals surface area (Å²) < 4.78 is 25.7. The Bertz CT molecular complexity index is 2480. The Morgan fingerprint density at radius 1 is 0.882 bits per heavy atom. The minimum absolute atomic E-state index is 0.157. The summed E-state index contributed by atoms with van der Waals surface area (Å²) in [5, 5.41) is 2.31. The van der Waals surface area contributed by atoms with Crippen molar-refractivity contribution >= 4 is 55.8 Å². The van der Waals surface area contributed by atoms with Gasteiger partial charge < -0.3 is 18.9 Å². The first kappa shape index (κ1) is 34.0. The van der Waals surface area contributed by atoms with Crippen LogP contribution in [-0.4, -0.2) is 31.4 Å². The summed E-state index contributed by atoms with van der Waals surface area (Å²) in [6, 6.07) is 34.1. The second kappa shape index (κ2) is 14.8. The maximum Gasteiger partial charge on any atom is 0.338 e. The molecule has 1 aliphatic rings. The molecule has 0 bridgehead atoms. The van der Waals surface area contributed by atoms with Crippen LogP contribution in [0.4, 0.5) is 0 Å². The highest BCUT2D eigenvalue weighted by Gasteiger charge is 2.35. The average Bonchev–Trinajstić information content (AvgIpc) is 3.47. The number of benzene rings is 5. The van der Waals surface area contributed by atoms with Crippen molar-refractivity contribution in [2.45, 2.75) is 19.6 Å². The van der Waals surface area contributed by atoms with Crippen molar-refractivity contribution in [1.29, 1.82) is 0 Å². The van der Waals surface area contributed by atoms with Crippen molar-refractivity contribution in [2.75, 3.05) is 20.8 Å². The maximum atomic E-state index is 14.4. The first-order chi connectivity index (χ1) is 24.9. The molecule has 0 saturated carbocycles. The summed E-state index contributed by atoms with van der Waals surface area (Å²) >= 11 is 4.93. The van der Waals surface area contributed by atoms with E-state index in [0.717, 1.165) is 31.9 Å². The van der Waals surface area contributed by atoms with Gasteiger partial charge in [-0.05, 0) is 80.7 Å². The molecule has 1 aliphatic heterocycles. The van der Waals surface area contributed by atoms with Crippen molar-refractivity contribution in [3.05, 3.63) is 161 Å². The van der Waals surface area contributed by atoms with E-state index in [9.17, 15) is 9.59 Å². The summed E-state index contributed by atoms with van der Waals surface area (Å²) in [6.07, 6.45) is 1.82. The molecule has 0 amide bonds. The molecule has 6 aromatic rings. The van der Waals surface area contributed by atoms with Crippen LogP contribution in [-0.2, 0) is 16.1 Å². The molecule has 0 spiro atoms. The van der Waals surface area contributed by atoms with E-state index in [1.54, 1.807) is 37.8 Å². The van der Waals surface area contributed by atoms with Gasteiger partial charge in [0, 0.05) is 5.56 Å². The minimum Gasteiger partial charge on any atom is -0.493 e. The van der Waals surface area contributed by atoms with E-state index < -0.39 is 12.0 Å². The lowest BCUT2D eigenvalue weighted by Crippen LogP contribution is -2.40. The number of fused-ring (bicyclic) bond motifs is 2. The molecule has 8 nitrogen and oxygen atoms in total. The summed E-state index contributed by atoms with van der Waals surface area (Å²) in [7, 11) is 3.10. The van der Waals surface area contributed by atoms with Gasteiger partial charge in [0.1, 0.15) is 12.4 Å². The minimum atomic E-state index is -0.853. The SMILES string of the molecule is CCOC(=O)C1=C(c2ccccc2)N=c2s/c(=C\c3ccc(OCc4cccc5ccccc45)c(Br)c3)c(=O)n2[C@H]1c1ccc(OC)c(OC)c1. The van der Waals surface area contributed by atoms with Gasteiger partial charge in [0.15, 0.2) is 16.3 Å². The van der Waals surface area contributed by atoms with Gasteiger partial charge in [-0.25, -0.2) is 9.79 Å². The third-order valence-corrected chi connectivity index (χ3v) is 10.2. The topological polar surface area (TPSA) is 88.4 Å². The Labute approximate surface area is 306 Å². The van der Waals surface area contributed by atoms with Crippen LogP contribution in [0, 0.1) is 0 Å². The number of hydrogen-bond donors (Lipinski definition) is 0. The van der Waals surface area contributed by atoms with E-state index in [-0.39, 0.29) is 17.7 Å². The molecule has 256 valence electrons. The van der Waals surface area contributed by atoms with Crippen LogP contribution in [0.15, 0.2) is 129 Å². The van der Waals surface area contributed by atoms with Crippen LogP contribution in [0.1, 0.15) is 35.2 Å². The number of ether oxygens (including phenoxy) is 4. The van der Waals surface area contributed by atoms with Gasteiger partial charge in [-0.1, -0.05) is 96.3 Å². The second-order valence-corrected chi connectivity index (χ2v) is 13.5. The first-order valence-electron chi connectivity index (χ1n) is 16.3. The lowest BCUT2D eigenvalue weighted by molar-refractivity contribution is -0.138. The normalized spacial score (nSPS) is 14.2. The molecule has 51 heavy (non-hydrogen) atoms. The van der Waals surface area contributed by atoms with Crippen molar-refractivity contribution in [3.8, 4) is 17.2 Å². The van der Waals surface area contributed by atoms with Crippen molar-refractivity contribution in [3.63, 3.8) is 0 Å². The second-order valence-electron chi connectivity index (χ2n) is 11.7. The zero-order valence-electron chi connectivity index (χ0n) is 28.1. The summed E-state index contributed by atoms with van der Waals surface area (Å²) in [5.41, 5.74) is 3.65. The van der Waals surface area contributed by atoms with Gasteiger partial charge in [0.25, 0.3) is 5.56 Å². The molecule has 0 unspecified atom stereocenters. The van der Waals surface area contributed by atoms with Gasteiger partial charge in [-0.3, -0.25) is 9.36 Å². The average molecular weight is 762 g/mol. The monoisotopic (exact) mass is 760 g/mol. The van der Waals surface area contributed by atoms with Gasteiger partial charge in [0.05, 0.1) is 47.1 Å². The van der Waals surface area contributed by atoms with E-state index in [2.05, 4.69) is 40.2 Å². The van der Waals surface area contributed by atoms with Crippen LogP contribution in [0.2, 0.25) is 0 Å². The third-order valence-electron chi connectivity index (χ3n) is 8.61. The molecule has 0 fully saturated rings. The van der Waals surface area contributed by atoms with Crippen LogP contribution < -0.4 is 29.1 Å². The fourth-order valence-corrected chi connectivity index (χ4v) is 7.74. The predicted octanol–water partition coefficient (Wildman–Crippen LogP) is 7.45. The number of rotatable bonds is 10. The Balaban J connectivity index is 1.32. The Morgan fingerprint density at radius 3 is 2.39 bits per heavy atom. The summed E-state index contributed by atoms with van der Waals surface area (Å²) in [4.78, 5) is 33.6. The van der Waals surface area contributed by atoms with Crippen molar-refractivity contribution in [2.24, 2.45) is 4.99 Å². The highest BCUT2D eigenvalue weighted by atomic mass is 79.9. The molecule has 2 heterocycles. The molecular weight excluding hydrogens is 728 g/mol. The predicted molar refractivity (Wildman–Crippen MR) is 203 cm³/mol. The molecule has 7 rings (SSSR count). The van der Waals surface area contributed by atoms with Gasteiger partial charge in [-0.2, -0.15) is 0 Å². The smallest absolute Gasteiger partial charge is 0.338 e. The molecule has 0 radical (unpaired) electrons. The van der Waals surface area contributed by atoms with E-state index >= 15 is 0 Å². The summed E-state index contributed by atoms with van der Waals surface area (Å²) in [6.45, 7) is 2.31. The maximum absolute atomic E-state index is 14.4. The van der Waals surface area contributed by atoms with Gasteiger partial charge in [-0.15, -0.1) is 0 Å². The highest BCUT2D eigenvalue weighted by molar-refractivity contribution is 9.10. The van der Waals surface area contributed by atoms with Crippen LogP contribution in [0.3, 0.4) is 0 Å². The van der Waals surface area contributed by atoms with E-state index in [4.69, 9.17) is 23.9 Å². The number of esters is 1. The first-order valence-corrected chi connectivity index (χ1v) is 17.9. The lowest BCUT2D eigenvalue weighted by Gasteiger charge is -2.26. The lowest BCUT2D eigenvalue weighted by atomic mass is 9.93. The molecule has 0 N–H and O–H groups in total. The van der Waals surface area contributed by atoms with Crippen molar-refractivity contribution < 1.29 is 23.7 Å². The quantitative estimate of drug-likeness (QED) is 0.135. The standard InChI is InChI=1S/C41H33BrN2O6S/c1-4-49-40(46)36-37(27-12-6-5-7-13-27)43-41-44(38(36)28-18-20-33(47-2)34(23-28)48-3)39(45)35(51-41)22-25-17-19-32(31(42)21-25)50-24-29-15-10-14-26-11-8-9-16-30(26)29/h5-23,38H,4,24H2,1-3H3/b35-22-/t38-/m0/s1. The molecule has 1 aromatic heterocycles. The Kier molecular flexibility index (Phi) is 9.87. The van der Waals surface area contributed by atoms with Crippen molar-refractivity contribution in [1.82, 2.24) is 4.57 Å². The molecule has 1 atom stereocenters. The largest absolute Gasteiger partial charge is 0.493 e. The number of carbonyl (C=O) groups excluding carboxylic acids is 1. The van der Waals surface area contributed by atoms with Gasteiger partial charge in [0.2, 0.25) is 0 Å². The zero-order chi connectivity index (χ0) is 35.5. The number of aromatic nitrogens is 1. The highest BCUT2D eigenvalue weighted by Crippen LogP contribution is 2.38. The number of carbonyl (C=O) groups is 1. The van der Waals surface area contributed by atoms with Gasteiger partial charge >= 0.3 is 5.97 Å². The number of halogens is 1. The molecule has 5 aromatic carbocycles. The van der Waals surface area contributed by atoms with E-state index in [1.807, 2.05) is 78.9 Å². The van der Waals surface area contributed by atoms with E-state index in [0.29, 0.717) is 44.4 Å². The summed E-state index contributed by atoms with van der Waals surface area (Å²) in [5.74, 6) is 1.11. The Hall–Kier alpha value is -5.45. The molecule has 0 saturated heterocycles. The van der Waals surface area contributed by atoms with Crippen LogP contribution >= 0.6 is 27.3 Å². The Morgan fingerprint density at radius 2 is 1.63 bits per heavy atom. The molecular formula is C41H33BrN2O6S.